The Bertz CT molecular complexity index is 1580. The first kappa shape index (κ1) is 33.6. The molecule has 1 aromatic heterocycles. The van der Waals surface area contributed by atoms with Crippen molar-refractivity contribution in [1.29, 1.82) is 0 Å². The van der Waals surface area contributed by atoms with E-state index in [9.17, 15) is 14.0 Å². The van der Waals surface area contributed by atoms with E-state index in [1.807, 2.05) is 45.6 Å². The van der Waals surface area contributed by atoms with Crippen molar-refractivity contribution in [2.75, 3.05) is 19.6 Å². The van der Waals surface area contributed by atoms with Crippen molar-refractivity contribution < 1.29 is 14.0 Å². The summed E-state index contributed by atoms with van der Waals surface area (Å²) >= 11 is 0. The molecule has 3 saturated heterocycles. The van der Waals surface area contributed by atoms with E-state index in [2.05, 4.69) is 52.0 Å². The molecular formula is C39H54FN5O2. The normalized spacial score (nSPS) is 23.3. The Morgan fingerprint density at radius 2 is 1.62 bits per heavy atom. The number of nitrogens with zero attached hydrogens (tertiary/aromatic N) is 4. The number of para-hydroxylation sites is 2. The van der Waals surface area contributed by atoms with Gasteiger partial charge in [-0.3, -0.25) is 14.5 Å². The molecule has 3 aliphatic rings. The number of imidazole rings is 1. The number of piperidine rings is 2. The zero-order valence-electron chi connectivity index (χ0n) is 29.3. The molecule has 3 aromatic rings. The Balaban J connectivity index is 1.18. The molecule has 0 spiro atoms. The number of fused-ring (bicyclic) bond motifs is 3. The van der Waals surface area contributed by atoms with Gasteiger partial charge in [-0.05, 0) is 106 Å². The first-order valence-corrected chi connectivity index (χ1v) is 18.0. The minimum Gasteiger partial charge on any atom is -0.341 e. The van der Waals surface area contributed by atoms with Crippen LogP contribution < -0.4 is 5.32 Å². The van der Waals surface area contributed by atoms with Gasteiger partial charge in [0.1, 0.15) is 17.2 Å². The van der Waals surface area contributed by atoms with Gasteiger partial charge in [0.25, 0.3) is 0 Å². The molecule has 1 N–H and O–H groups in total. The van der Waals surface area contributed by atoms with Gasteiger partial charge >= 0.3 is 0 Å². The average molecular weight is 644 g/mol. The second-order valence-corrected chi connectivity index (χ2v) is 15.6. The zero-order chi connectivity index (χ0) is 33.6. The molecular weight excluding hydrogens is 589 g/mol. The van der Waals surface area contributed by atoms with Gasteiger partial charge in [0.2, 0.25) is 11.8 Å². The number of amides is 2. The average Bonchev–Trinajstić information content (AvgIpc) is 3.52. The van der Waals surface area contributed by atoms with Crippen LogP contribution in [0, 0.1) is 18.2 Å². The van der Waals surface area contributed by atoms with Gasteiger partial charge < -0.3 is 14.8 Å². The van der Waals surface area contributed by atoms with Crippen LogP contribution in [0.2, 0.25) is 0 Å². The van der Waals surface area contributed by atoms with E-state index >= 15 is 0 Å². The molecule has 0 radical (unpaired) electrons. The van der Waals surface area contributed by atoms with Crippen LogP contribution in [0.1, 0.15) is 110 Å². The largest absolute Gasteiger partial charge is 0.341 e. The van der Waals surface area contributed by atoms with Crippen molar-refractivity contribution in [3.05, 3.63) is 65.7 Å². The molecule has 2 aromatic carbocycles. The van der Waals surface area contributed by atoms with Gasteiger partial charge in [-0.2, -0.15) is 0 Å². The number of carbonyl (C=O) groups excluding carboxylic acids is 2. The number of aromatic nitrogens is 2. The predicted molar refractivity (Wildman–Crippen MR) is 186 cm³/mol. The summed E-state index contributed by atoms with van der Waals surface area (Å²) in [6.45, 7) is 13.9. The molecule has 2 amide bonds. The monoisotopic (exact) mass is 643 g/mol. The molecule has 6 rings (SSSR count). The maximum Gasteiger partial charge on any atom is 0.248 e. The standard InChI is InChI=1S/C39H54FN5O2/c1-7-39(8-2,42-35(46)37(4,5)6)36(47)43-21-18-38(19-22-43,28-12-11-13-29(40)24-28)20-23-44-30-16-17-31(44)26-32(25-30)45-27(3)41-33-14-9-10-15-34(33)45/h9-15,24,30-32H,7-8,16-23,25-26H2,1-6H3,(H,42,46)/t30-,31+,32?. The molecule has 8 heteroatoms. The Labute approximate surface area is 280 Å². The number of carbonyl (C=O) groups is 2. The van der Waals surface area contributed by atoms with E-state index in [1.165, 1.54) is 24.4 Å². The number of hydrogen-bond acceptors (Lipinski definition) is 4. The van der Waals surface area contributed by atoms with Gasteiger partial charge in [0, 0.05) is 36.6 Å². The van der Waals surface area contributed by atoms with Crippen molar-refractivity contribution >= 4 is 22.8 Å². The fourth-order valence-corrected chi connectivity index (χ4v) is 8.92. The van der Waals surface area contributed by atoms with Crippen LogP contribution >= 0.6 is 0 Å². The van der Waals surface area contributed by atoms with Crippen LogP contribution in [-0.4, -0.2) is 68.4 Å². The lowest BCUT2D eigenvalue weighted by Crippen LogP contribution is -2.62. The highest BCUT2D eigenvalue weighted by Gasteiger charge is 2.47. The van der Waals surface area contributed by atoms with Crippen molar-refractivity contribution in [3.8, 4) is 0 Å². The topological polar surface area (TPSA) is 70.5 Å². The van der Waals surface area contributed by atoms with Gasteiger partial charge in [-0.15, -0.1) is 0 Å². The van der Waals surface area contributed by atoms with E-state index in [-0.39, 0.29) is 23.0 Å². The van der Waals surface area contributed by atoms with Crippen LogP contribution in [0.4, 0.5) is 4.39 Å². The molecule has 47 heavy (non-hydrogen) atoms. The first-order valence-electron chi connectivity index (χ1n) is 18.0. The fraction of sp³-hybridized carbons (Fsp3) is 0.615. The van der Waals surface area contributed by atoms with Crippen molar-refractivity contribution in [3.63, 3.8) is 0 Å². The second kappa shape index (κ2) is 13.0. The maximum absolute atomic E-state index is 14.7. The SMILES string of the molecule is CCC(CC)(NC(=O)C(C)(C)C)C(=O)N1CCC(CCN2[C@@H]3CC[C@H]2CC(n2c(C)nc4ccccc42)C3)(c2cccc(F)c2)CC1. The molecule has 4 heterocycles. The number of halogens is 1. The van der Waals surface area contributed by atoms with E-state index < -0.39 is 11.0 Å². The summed E-state index contributed by atoms with van der Waals surface area (Å²) in [7, 11) is 0. The quantitative estimate of drug-likeness (QED) is 0.265. The van der Waals surface area contributed by atoms with Crippen molar-refractivity contribution in [2.45, 2.75) is 128 Å². The van der Waals surface area contributed by atoms with E-state index in [0.717, 1.165) is 55.6 Å². The highest BCUT2D eigenvalue weighted by atomic mass is 19.1. The third kappa shape index (κ3) is 6.34. The number of likely N-dealkylation sites (tertiary alicyclic amines) is 1. The lowest BCUT2D eigenvalue weighted by Gasteiger charge is -2.47. The highest BCUT2D eigenvalue weighted by Crippen LogP contribution is 2.45. The van der Waals surface area contributed by atoms with Crippen molar-refractivity contribution in [2.24, 2.45) is 5.41 Å². The minimum absolute atomic E-state index is 0.00961. The lowest BCUT2D eigenvalue weighted by atomic mass is 9.70. The fourth-order valence-electron chi connectivity index (χ4n) is 8.92. The number of benzene rings is 2. The molecule has 3 fully saturated rings. The van der Waals surface area contributed by atoms with Crippen LogP contribution in [0.15, 0.2) is 48.5 Å². The molecule has 0 aliphatic carbocycles. The van der Waals surface area contributed by atoms with E-state index in [4.69, 9.17) is 4.98 Å². The summed E-state index contributed by atoms with van der Waals surface area (Å²) in [6, 6.07) is 17.2. The Morgan fingerprint density at radius 3 is 2.23 bits per heavy atom. The third-order valence-electron chi connectivity index (χ3n) is 11.9. The number of rotatable bonds is 9. The molecule has 254 valence electrons. The van der Waals surface area contributed by atoms with E-state index in [1.54, 1.807) is 6.07 Å². The summed E-state index contributed by atoms with van der Waals surface area (Å²) in [5.41, 5.74) is 1.67. The number of nitrogens with one attached hydrogen (secondary N) is 1. The molecule has 0 saturated carbocycles. The lowest BCUT2D eigenvalue weighted by molar-refractivity contribution is -0.145. The van der Waals surface area contributed by atoms with Crippen LogP contribution in [0.5, 0.6) is 0 Å². The van der Waals surface area contributed by atoms with Gasteiger partial charge in [-0.25, -0.2) is 9.37 Å². The highest BCUT2D eigenvalue weighted by molar-refractivity contribution is 5.93. The molecule has 1 unspecified atom stereocenters. The van der Waals surface area contributed by atoms with Crippen LogP contribution in [0.3, 0.4) is 0 Å². The third-order valence-corrected chi connectivity index (χ3v) is 11.9. The number of hydrogen-bond donors (Lipinski definition) is 1. The second-order valence-electron chi connectivity index (χ2n) is 15.6. The van der Waals surface area contributed by atoms with Gasteiger partial charge in [0.05, 0.1) is 11.0 Å². The summed E-state index contributed by atoms with van der Waals surface area (Å²) in [5.74, 6) is 0.805. The van der Waals surface area contributed by atoms with Crippen LogP contribution in [0.25, 0.3) is 11.0 Å². The summed E-state index contributed by atoms with van der Waals surface area (Å²) in [4.78, 5) is 36.7. The predicted octanol–water partition coefficient (Wildman–Crippen LogP) is 7.32. The minimum atomic E-state index is -0.911. The summed E-state index contributed by atoms with van der Waals surface area (Å²) in [6.07, 6.45) is 8.29. The Kier molecular flexibility index (Phi) is 9.29. The summed E-state index contributed by atoms with van der Waals surface area (Å²) in [5, 5.41) is 3.15. The smallest absolute Gasteiger partial charge is 0.248 e. The zero-order valence-corrected chi connectivity index (χ0v) is 29.3. The first-order chi connectivity index (χ1) is 22.4. The number of aryl methyl sites for hydroxylation is 1. The molecule has 2 bridgehead atoms. The van der Waals surface area contributed by atoms with Gasteiger partial charge in [-0.1, -0.05) is 58.9 Å². The maximum atomic E-state index is 14.7. The molecule has 3 atom stereocenters. The Morgan fingerprint density at radius 1 is 0.957 bits per heavy atom. The molecule has 3 aliphatic heterocycles. The van der Waals surface area contributed by atoms with Crippen molar-refractivity contribution in [1.82, 2.24) is 24.7 Å². The molecule has 7 nitrogen and oxygen atoms in total. The van der Waals surface area contributed by atoms with E-state index in [0.29, 0.717) is 44.1 Å². The van der Waals surface area contributed by atoms with Gasteiger partial charge in [0.15, 0.2) is 0 Å². The Hall–Kier alpha value is -3.26. The summed E-state index contributed by atoms with van der Waals surface area (Å²) < 4.78 is 17.2. The van der Waals surface area contributed by atoms with Crippen LogP contribution in [-0.2, 0) is 15.0 Å².